The van der Waals surface area contributed by atoms with E-state index in [0.717, 1.165) is 30.7 Å². The highest BCUT2D eigenvalue weighted by Gasteiger charge is 2.08. The second-order valence-electron chi connectivity index (χ2n) is 7.63. The monoisotopic (exact) mass is 316 g/mol. The number of nitrogens with one attached hydrogen (secondary N) is 1. The van der Waals surface area contributed by atoms with E-state index < -0.39 is 0 Å². The van der Waals surface area contributed by atoms with Crippen LogP contribution in [0.25, 0.3) is 10.9 Å². The number of ether oxygens (including phenoxy) is 1. The average molecular weight is 316 g/mol. The van der Waals surface area contributed by atoms with Crippen molar-refractivity contribution in [3.63, 3.8) is 0 Å². The average Bonchev–Trinajstić information content (AvgIpc) is 2.88. The molecule has 3 nitrogen and oxygen atoms in total. The number of hydrogen-bond acceptors (Lipinski definition) is 2. The Morgan fingerprint density at radius 1 is 1.09 bits per heavy atom. The van der Waals surface area contributed by atoms with Gasteiger partial charge < -0.3 is 15.5 Å². The number of fused-ring (bicyclic) bond motifs is 1. The highest BCUT2D eigenvalue weighted by atomic mass is 16.5. The number of aromatic amines is 1. The maximum Gasteiger partial charge on any atom is 0.120 e. The molecular formula is C20H32N2O. The van der Waals surface area contributed by atoms with Crippen LogP contribution in [0.3, 0.4) is 0 Å². The van der Waals surface area contributed by atoms with E-state index in [-0.39, 0.29) is 0 Å². The van der Waals surface area contributed by atoms with E-state index in [0.29, 0.717) is 12.0 Å². The molecule has 0 aliphatic rings. The highest BCUT2D eigenvalue weighted by Crippen LogP contribution is 2.25. The van der Waals surface area contributed by atoms with Gasteiger partial charge in [-0.15, -0.1) is 0 Å². The summed E-state index contributed by atoms with van der Waals surface area (Å²) in [4.78, 5) is 3.29. The number of hydrogen-bond donors (Lipinski definition) is 2. The van der Waals surface area contributed by atoms with Crippen LogP contribution < -0.4 is 10.5 Å². The second kappa shape index (κ2) is 8.39. The number of benzene rings is 1. The van der Waals surface area contributed by atoms with Crippen LogP contribution in [0.4, 0.5) is 0 Å². The van der Waals surface area contributed by atoms with E-state index in [1.807, 2.05) is 6.07 Å². The number of aromatic nitrogens is 1. The minimum Gasteiger partial charge on any atom is -0.494 e. The second-order valence-corrected chi connectivity index (χ2v) is 7.63. The van der Waals surface area contributed by atoms with Crippen molar-refractivity contribution in [3.05, 3.63) is 30.0 Å². The first-order chi connectivity index (χ1) is 11.0. The Kier molecular flexibility index (Phi) is 6.52. The maximum atomic E-state index is 5.92. The molecule has 1 heterocycles. The Hall–Kier alpha value is -1.48. The Morgan fingerprint density at radius 2 is 1.87 bits per heavy atom. The van der Waals surface area contributed by atoms with Crippen LogP contribution in [-0.2, 0) is 6.42 Å². The first kappa shape index (κ1) is 17.9. The highest BCUT2D eigenvalue weighted by molar-refractivity contribution is 5.84. The lowest BCUT2D eigenvalue weighted by Gasteiger charge is -2.17. The number of unbranched alkanes of at least 4 members (excludes halogenated alkanes) is 3. The summed E-state index contributed by atoms with van der Waals surface area (Å²) in [6.45, 7) is 8.41. The van der Waals surface area contributed by atoms with E-state index >= 15 is 0 Å². The first-order valence-corrected chi connectivity index (χ1v) is 8.92. The predicted molar refractivity (Wildman–Crippen MR) is 99.1 cm³/mol. The molecule has 3 heteroatoms. The van der Waals surface area contributed by atoms with Gasteiger partial charge in [0.1, 0.15) is 5.75 Å². The van der Waals surface area contributed by atoms with Gasteiger partial charge in [-0.2, -0.15) is 0 Å². The van der Waals surface area contributed by atoms with E-state index in [1.165, 1.54) is 36.6 Å². The van der Waals surface area contributed by atoms with Gasteiger partial charge in [0.2, 0.25) is 0 Å². The SMILES string of the molecule is CC(C)(C)CCCCCCOc1ccc2[nH]cc(CCN)c2c1. The third-order valence-corrected chi connectivity index (χ3v) is 4.24. The molecule has 0 bridgehead atoms. The van der Waals surface area contributed by atoms with Gasteiger partial charge in [-0.3, -0.25) is 0 Å². The Balaban J connectivity index is 1.73. The van der Waals surface area contributed by atoms with Gasteiger partial charge >= 0.3 is 0 Å². The molecule has 1 aromatic heterocycles. The number of rotatable bonds is 9. The lowest BCUT2D eigenvalue weighted by Crippen LogP contribution is -2.04. The Morgan fingerprint density at radius 3 is 2.61 bits per heavy atom. The van der Waals surface area contributed by atoms with Crippen molar-refractivity contribution in [2.45, 2.75) is 59.3 Å². The minimum atomic E-state index is 0.462. The van der Waals surface area contributed by atoms with Gasteiger partial charge in [0.25, 0.3) is 0 Å². The van der Waals surface area contributed by atoms with E-state index in [9.17, 15) is 0 Å². The largest absolute Gasteiger partial charge is 0.494 e. The molecular weight excluding hydrogens is 284 g/mol. The minimum absolute atomic E-state index is 0.462. The van der Waals surface area contributed by atoms with Crippen molar-refractivity contribution >= 4 is 10.9 Å². The molecule has 1 aromatic carbocycles. The Labute approximate surface area is 140 Å². The molecule has 3 N–H and O–H groups in total. The molecule has 2 rings (SSSR count). The summed E-state index contributed by atoms with van der Waals surface area (Å²) in [5.74, 6) is 0.963. The molecule has 0 aliphatic carbocycles. The van der Waals surface area contributed by atoms with Crippen molar-refractivity contribution in [3.8, 4) is 5.75 Å². The van der Waals surface area contributed by atoms with Gasteiger partial charge in [0.05, 0.1) is 6.61 Å². The van der Waals surface area contributed by atoms with Crippen molar-refractivity contribution in [2.24, 2.45) is 11.1 Å². The molecule has 0 saturated heterocycles. The lowest BCUT2D eigenvalue weighted by molar-refractivity contribution is 0.300. The fourth-order valence-corrected chi connectivity index (χ4v) is 2.91. The molecule has 0 radical (unpaired) electrons. The summed E-state index contributed by atoms with van der Waals surface area (Å²) in [7, 11) is 0. The molecule has 128 valence electrons. The van der Waals surface area contributed by atoms with E-state index in [4.69, 9.17) is 10.5 Å². The summed E-state index contributed by atoms with van der Waals surface area (Å²) in [6.07, 6.45) is 9.26. The summed E-state index contributed by atoms with van der Waals surface area (Å²) in [6, 6.07) is 6.27. The molecule has 23 heavy (non-hydrogen) atoms. The summed E-state index contributed by atoms with van der Waals surface area (Å²) >= 11 is 0. The van der Waals surface area contributed by atoms with Crippen LogP contribution in [0.15, 0.2) is 24.4 Å². The van der Waals surface area contributed by atoms with E-state index in [1.54, 1.807) is 0 Å². The van der Waals surface area contributed by atoms with Crippen LogP contribution in [0.1, 0.15) is 58.4 Å². The lowest BCUT2D eigenvalue weighted by atomic mass is 9.89. The molecule has 2 aromatic rings. The van der Waals surface area contributed by atoms with Crippen LogP contribution in [0.5, 0.6) is 5.75 Å². The number of nitrogens with two attached hydrogens (primary N) is 1. The van der Waals surface area contributed by atoms with Crippen molar-refractivity contribution < 1.29 is 4.74 Å². The zero-order chi connectivity index (χ0) is 16.7. The zero-order valence-corrected chi connectivity index (χ0v) is 15.0. The predicted octanol–water partition coefficient (Wildman–Crippen LogP) is 5.04. The van der Waals surface area contributed by atoms with Gasteiger partial charge in [0.15, 0.2) is 0 Å². The maximum absolute atomic E-state index is 5.92. The fraction of sp³-hybridized carbons (Fsp3) is 0.600. The number of H-pyrrole nitrogens is 1. The molecule has 0 spiro atoms. The molecule has 0 amide bonds. The van der Waals surface area contributed by atoms with Gasteiger partial charge in [-0.05, 0) is 55.0 Å². The van der Waals surface area contributed by atoms with Gasteiger partial charge in [-0.1, -0.05) is 40.0 Å². The van der Waals surface area contributed by atoms with Crippen LogP contribution in [0, 0.1) is 5.41 Å². The molecule has 0 fully saturated rings. The zero-order valence-electron chi connectivity index (χ0n) is 15.0. The molecule has 0 saturated carbocycles. The normalized spacial score (nSPS) is 12.0. The van der Waals surface area contributed by atoms with Crippen LogP contribution >= 0.6 is 0 Å². The standard InChI is InChI=1S/C20H32N2O/c1-20(2,3)11-6-4-5-7-13-23-17-8-9-19-18(14-17)16(10-12-21)15-22-19/h8-9,14-15,22H,4-7,10-13,21H2,1-3H3. The van der Waals surface area contributed by atoms with Crippen LogP contribution in [-0.4, -0.2) is 18.1 Å². The summed E-state index contributed by atoms with van der Waals surface area (Å²) in [5, 5.41) is 1.23. The van der Waals surface area contributed by atoms with E-state index in [2.05, 4.69) is 44.1 Å². The molecule has 0 atom stereocenters. The van der Waals surface area contributed by atoms with Gasteiger partial charge in [-0.25, -0.2) is 0 Å². The third-order valence-electron chi connectivity index (χ3n) is 4.24. The summed E-state index contributed by atoms with van der Waals surface area (Å²) < 4.78 is 5.92. The van der Waals surface area contributed by atoms with Crippen molar-refractivity contribution in [1.82, 2.24) is 4.98 Å². The smallest absolute Gasteiger partial charge is 0.120 e. The van der Waals surface area contributed by atoms with Crippen LogP contribution in [0.2, 0.25) is 0 Å². The third kappa shape index (κ3) is 5.91. The van der Waals surface area contributed by atoms with Crippen molar-refractivity contribution in [2.75, 3.05) is 13.2 Å². The topological polar surface area (TPSA) is 51.0 Å². The Bertz CT molecular complexity index is 595. The van der Waals surface area contributed by atoms with Crippen molar-refractivity contribution in [1.29, 1.82) is 0 Å². The quantitative estimate of drug-likeness (QED) is 0.636. The molecule has 0 unspecified atom stereocenters. The fourth-order valence-electron chi connectivity index (χ4n) is 2.91. The molecule has 0 aliphatic heterocycles. The summed E-state index contributed by atoms with van der Waals surface area (Å²) in [5.41, 5.74) is 8.56. The van der Waals surface area contributed by atoms with Gasteiger partial charge in [0, 0.05) is 17.1 Å². The first-order valence-electron chi connectivity index (χ1n) is 8.92.